The van der Waals surface area contributed by atoms with E-state index in [1.807, 2.05) is 72.0 Å². The van der Waals surface area contributed by atoms with Crippen molar-refractivity contribution < 1.29 is 4.42 Å². The molecule has 0 bridgehead atoms. The van der Waals surface area contributed by atoms with E-state index in [2.05, 4.69) is 174 Å². The van der Waals surface area contributed by atoms with E-state index in [1.54, 1.807) is 0 Å². The number of aromatic nitrogens is 4. The van der Waals surface area contributed by atoms with Gasteiger partial charge in [0.2, 0.25) is 0 Å². The van der Waals surface area contributed by atoms with Gasteiger partial charge in [-0.1, -0.05) is 152 Å². The summed E-state index contributed by atoms with van der Waals surface area (Å²) in [5.41, 5.74) is 14.7. The number of nitrogens with zero attached hydrogens (tertiary/aromatic N) is 4. The van der Waals surface area contributed by atoms with E-state index in [-0.39, 0.29) is 0 Å². The lowest BCUT2D eigenvalue weighted by molar-refractivity contribution is 0.669. The zero-order chi connectivity index (χ0) is 45.4. The number of fused-ring (bicyclic) bond motifs is 9. The Labute approximate surface area is 400 Å². The SMILES string of the molecule is c1ccc(-c2nc(-c3ccccc3)nc(-c3cccc(-c4cccc5oc6ccc(-c7ccc8c(c7)c7cc(-c9ccc%10sc%11ccccc%11c%10c9)ccc7n8-c7ccccc7)cc6c45)c3)n2)cc1. The van der Waals surface area contributed by atoms with Gasteiger partial charge >= 0.3 is 0 Å². The minimum atomic E-state index is 0.615. The van der Waals surface area contributed by atoms with Gasteiger partial charge in [0, 0.05) is 64.1 Å². The van der Waals surface area contributed by atoms with Crippen LogP contribution >= 0.6 is 11.3 Å². The predicted octanol–water partition coefficient (Wildman–Crippen LogP) is 17.2. The molecule has 0 fully saturated rings. The number of benzene rings is 10. The molecule has 322 valence electrons. The van der Waals surface area contributed by atoms with Gasteiger partial charge in [0.25, 0.3) is 0 Å². The first-order valence-electron chi connectivity index (χ1n) is 23.2. The third kappa shape index (κ3) is 6.64. The third-order valence-corrected chi connectivity index (χ3v) is 14.6. The van der Waals surface area contributed by atoms with Gasteiger partial charge in [-0.25, -0.2) is 15.0 Å². The summed E-state index contributed by atoms with van der Waals surface area (Å²) in [5.74, 6) is 1.88. The van der Waals surface area contributed by atoms with Crippen LogP contribution in [0.15, 0.2) is 235 Å². The van der Waals surface area contributed by atoms with Crippen LogP contribution in [0, 0.1) is 0 Å². The van der Waals surface area contributed by atoms with Gasteiger partial charge in [0.1, 0.15) is 11.2 Å². The third-order valence-electron chi connectivity index (χ3n) is 13.4. The molecule has 0 N–H and O–H groups in total. The molecule has 4 heterocycles. The number of rotatable bonds is 7. The van der Waals surface area contributed by atoms with Crippen LogP contribution in [0.5, 0.6) is 0 Å². The van der Waals surface area contributed by atoms with Crippen molar-refractivity contribution >= 4 is 75.3 Å². The van der Waals surface area contributed by atoms with E-state index in [9.17, 15) is 0 Å². The highest BCUT2D eigenvalue weighted by molar-refractivity contribution is 7.25. The molecular formula is C63H38N4OS. The standard InChI is InChI=1S/C63H38N4OS/c1-4-14-39(15-5-1)61-64-62(40-16-6-2-7-17-40)66-63(65-61)46-19-12-18-45(34-46)48-23-13-24-57-60(48)53-38-43(28-32-56(53)68-57)41-26-30-54-50(35-41)51-36-42(27-31-55(51)67(54)47-20-8-3-9-21-47)44-29-33-59-52(37-44)49-22-10-11-25-58(49)69-59/h1-38H. The van der Waals surface area contributed by atoms with Crippen LogP contribution in [-0.2, 0) is 0 Å². The maximum absolute atomic E-state index is 6.59. The lowest BCUT2D eigenvalue weighted by atomic mass is 9.95. The van der Waals surface area contributed by atoms with Gasteiger partial charge in [0.05, 0.1) is 11.0 Å². The minimum absolute atomic E-state index is 0.615. The summed E-state index contributed by atoms with van der Waals surface area (Å²) < 4.78 is 11.6. The molecule has 6 heteroatoms. The maximum atomic E-state index is 6.59. The number of para-hydroxylation sites is 1. The average molecular weight is 899 g/mol. The predicted molar refractivity (Wildman–Crippen MR) is 287 cm³/mol. The van der Waals surface area contributed by atoms with Gasteiger partial charge < -0.3 is 8.98 Å². The molecule has 0 spiro atoms. The molecule has 4 aromatic heterocycles. The van der Waals surface area contributed by atoms with Gasteiger partial charge in [-0.3, -0.25) is 0 Å². The van der Waals surface area contributed by atoms with Crippen molar-refractivity contribution in [3.8, 4) is 73.2 Å². The summed E-state index contributed by atoms with van der Waals surface area (Å²) in [7, 11) is 0. The lowest BCUT2D eigenvalue weighted by Gasteiger charge is -2.10. The van der Waals surface area contributed by atoms with Crippen molar-refractivity contribution in [3.05, 3.63) is 231 Å². The Morgan fingerprint density at radius 3 is 1.51 bits per heavy atom. The summed E-state index contributed by atoms with van der Waals surface area (Å²) >= 11 is 1.85. The van der Waals surface area contributed by atoms with E-state index in [0.717, 1.165) is 66.6 Å². The first-order valence-corrected chi connectivity index (χ1v) is 24.0. The summed E-state index contributed by atoms with van der Waals surface area (Å²) in [6.07, 6.45) is 0. The van der Waals surface area contributed by atoms with Crippen molar-refractivity contribution in [2.45, 2.75) is 0 Å². The highest BCUT2D eigenvalue weighted by Crippen LogP contribution is 2.43. The molecule has 0 atom stereocenters. The lowest BCUT2D eigenvalue weighted by Crippen LogP contribution is -2.00. The fourth-order valence-corrected chi connectivity index (χ4v) is 11.2. The molecule has 0 aliphatic heterocycles. The Balaban J connectivity index is 0.897. The number of thiophene rings is 1. The topological polar surface area (TPSA) is 56.7 Å². The normalized spacial score (nSPS) is 11.8. The fourth-order valence-electron chi connectivity index (χ4n) is 10.2. The Kier molecular flexibility index (Phi) is 9.00. The monoisotopic (exact) mass is 898 g/mol. The molecule has 0 unspecified atom stereocenters. The number of hydrogen-bond acceptors (Lipinski definition) is 5. The molecule has 69 heavy (non-hydrogen) atoms. The van der Waals surface area contributed by atoms with Crippen LogP contribution in [0.4, 0.5) is 0 Å². The van der Waals surface area contributed by atoms with Crippen LogP contribution in [0.3, 0.4) is 0 Å². The molecule has 0 saturated carbocycles. The zero-order valence-electron chi connectivity index (χ0n) is 37.0. The van der Waals surface area contributed by atoms with Gasteiger partial charge in [-0.2, -0.15) is 0 Å². The van der Waals surface area contributed by atoms with Gasteiger partial charge in [-0.05, 0) is 112 Å². The van der Waals surface area contributed by atoms with Crippen LogP contribution in [0.2, 0.25) is 0 Å². The van der Waals surface area contributed by atoms with Crippen LogP contribution in [0.1, 0.15) is 0 Å². The molecular weight excluding hydrogens is 861 g/mol. The van der Waals surface area contributed by atoms with Gasteiger partial charge in [0.15, 0.2) is 17.5 Å². The first-order chi connectivity index (χ1) is 34.2. The summed E-state index contributed by atoms with van der Waals surface area (Å²) in [5, 5.41) is 7.16. The van der Waals surface area contributed by atoms with Crippen LogP contribution < -0.4 is 0 Å². The smallest absolute Gasteiger partial charge is 0.164 e. The maximum Gasteiger partial charge on any atom is 0.164 e. The van der Waals surface area contributed by atoms with E-state index < -0.39 is 0 Å². The van der Waals surface area contributed by atoms with E-state index in [0.29, 0.717) is 17.5 Å². The van der Waals surface area contributed by atoms with Crippen molar-refractivity contribution in [1.29, 1.82) is 0 Å². The number of furan rings is 1. The second-order valence-electron chi connectivity index (χ2n) is 17.6. The Hall–Kier alpha value is -8.97. The largest absolute Gasteiger partial charge is 0.456 e. The summed E-state index contributed by atoms with van der Waals surface area (Å²) in [4.78, 5) is 15.0. The van der Waals surface area contributed by atoms with E-state index in [1.165, 1.54) is 53.1 Å². The van der Waals surface area contributed by atoms with Crippen LogP contribution in [-0.4, -0.2) is 19.5 Å². The highest BCUT2D eigenvalue weighted by Gasteiger charge is 2.19. The Morgan fingerprint density at radius 1 is 0.319 bits per heavy atom. The molecule has 0 radical (unpaired) electrons. The van der Waals surface area contributed by atoms with Crippen LogP contribution in [0.25, 0.3) is 137 Å². The fraction of sp³-hybridized carbons (Fsp3) is 0. The zero-order valence-corrected chi connectivity index (χ0v) is 37.9. The second-order valence-corrected chi connectivity index (χ2v) is 18.6. The summed E-state index contributed by atoms with van der Waals surface area (Å²) in [6, 6.07) is 81.8. The highest BCUT2D eigenvalue weighted by atomic mass is 32.1. The van der Waals surface area contributed by atoms with E-state index in [4.69, 9.17) is 19.4 Å². The molecule has 14 aromatic rings. The number of hydrogen-bond donors (Lipinski definition) is 0. The molecule has 0 saturated heterocycles. The minimum Gasteiger partial charge on any atom is -0.456 e. The summed E-state index contributed by atoms with van der Waals surface area (Å²) in [6.45, 7) is 0. The second kappa shape index (κ2) is 15.8. The molecule has 0 aliphatic rings. The van der Waals surface area contributed by atoms with E-state index >= 15 is 0 Å². The van der Waals surface area contributed by atoms with Crippen molar-refractivity contribution in [2.24, 2.45) is 0 Å². The van der Waals surface area contributed by atoms with Crippen molar-refractivity contribution in [3.63, 3.8) is 0 Å². The van der Waals surface area contributed by atoms with Crippen molar-refractivity contribution in [2.75, 3.05) is 0 Å². The average Bonchev–Trinajstić information content (AvgIpc) is 4.10. The molecule has 5 nitrogen and oxygen atoms in total. The quantitative estimate of drug-likeness (QED) is 0.160. The van der Waals surface area contributed by atoms with Crippen molar-refractivity contribution in [1.82, 2.24) is 19.5 Å². The Morgan fingerprint density at radius 2 is 0.826 bits per heavy atom. The molecule has 0 amide bonds. The Bertz CT molecular complexity index is 4250. The molecule has 0 aliphatic carbocycles. The first kappa shape index (κ1) is 39.2. The van der Waals surface area contributed by atoms with Gasteiger partial charge in [-0.15, -0.1) is 11.3 Å². The molecule has 10 aromatic carbocycles. The molecule has 14 rings (SSSR count).